The highest BCUT2D eigenvalue weighted by Crippen LogP contribution is 2.57. The van der Waals surface area contributed by atoms with Crippen LogP contribution in [0.2, 0.25) is 0 Å². The van der Waals surface area contributed by atoms with Crippen LogP contribution in [-0.4, -0.2) is 102 Å². The quantitative estimate of drug-likeness (QED) is 0.395. The number of fused-ring (bicyclic) bond motifs is 7. The minimum atomic E-state index is -0.981. The molecule has 5 rings (SSSR count). The number of ketones is 1. The van der Waals surface area contributed by atoms with E-state index >= 15 is 0 Å². The molecule has 1 aromatic carbocycles. The molecule has 6 atom stereocenters. The molecule has 1 amide bonds. The van der Waals surface area contributed by atoms with E-state index in [1.54, 1.807) is 33.2 Å². The Morgan fingerprint density at radius 1 is 0.833 bits per heavy atom. The summed E-state index contributed by atoms with van der Waals surface area (Å²) in [7, 11) is 11.0. The Morgan fingerprint density at radius 2 is 1.48 bits per heavy atom. The molecule has 0 aromatic heterocycles. The van der Waals surface area contributed by atoms with Crippen LogP contribution in [0.25, 0.3) is 0 Å². The Balaban J connectivity index is 1.82. The van der Waals surface area contributed by atoms with Gasteiger partial charge in [-0.2, -0.15) is 0 Å². The molecule has 0 spiro atoms. The second-order valence-corrected chi connectivity index (χ2v) is 10.8. The van der Waals surface area contributed by atoms with E-state index in [1.165, 1.54) is 21.3 Å². The van der Waals surface area contributed by atoms with Crippen molar-refractivity contribution < 1.29 is 47.5 Å². The van der Waals surface area contributed by atoms with Crippen LogP contribution in [0, 0.1) is 18.8 Å². The van der Waals surface area contributed by atoms with Gasteiger partial charge in [-0.1, -0.05) is 0 Å². The first-order valence-corrected chi connectivity index (χ1v) is 13.7. The molecule has 228 valence electrons. The van der Waals surface area contributed by atoms with E-state index in [4.69, 9.17) is 33.2 Å². The summed E-state index contributed by atoms with van der Waals surface area (Å²) < 4.78 is 40.3. The van der Waals surface area contributed by atoms with Gasteiger partial charge in [0.15, 0.2) is 23.0 Å². The number of carbonyl (C=O) groups is 3. The maximum Gasteiger partial charge on any atom is 0.293 e. The van der Waals surface area contributed by atoms with Gasteiger partial charge in [-0.25, -0.2) is 0 Å². The van der Waals surface area contributed by atoms with Crippen LogP contribution in [0.15, 0.2) is 22.9 Å². The molecule has 2 saturated heterocycles. The van der Waals surface area contributed by atoms with E-state index in [9.17, 15) is 14.4 Å². The Labute approximate surface area is 245 Å². The minimum absolute atomic E-state index is 0.159. The molecule has 4 unspecified atom stereocenters. The molecule has 0 saturated carbocycles. The van der Waals surface area contributed by atoms with Crippen molar-refractivity contribution in [3.05, 3.63) is 39.5 Å². The third kappa shape index (κ3) is 3.80. The van der Waals surface area contributed by atoms with E-state index in [0.29, 0.717) is 53.0 Å². The lowest BCUT2D eigenvalue weighted by Crippen LogP contribution is -2.74. The topological polar surface area (TPSA) is 122 Å². The van der Waals surface area contributed by atoms with Gasteiger partial charge in [0.25, 0.3) is 6.47 Å². The molecule has 2 fully saturated rings. The number of likely N-dealkylation sites (N-methyl/N-ethyl adjacent to an activating group) is 1. The van der Waals surface area contributed by atoms with Crippen LogP contribution in [0.1, 0.15) is 29.7 Å². The van der Waals surface area contributed by atoms with E-state index < -0.39 is 36.0 Å². The Hall–Kier alpha value is -3.93. The first-order valence-electron chi connectivity index (χ1n) is 13.7. The fourth-order valence-electron chi connectivity index (χ4n) is 7.76. The van der Waals surface area contributed by atoms with E-state index in [-0.39, 0.29) is 18.3 Å². The maximum atomic E-state index is 14.9. The average Bonchev–Trinajstić information content (AvgIpc) is 2.98. The summed E-state index contributed by atoms with van der Waals surface area (Å²) in [6.07, 6.45) is 0.316. The van der Waals surface area contributed by atoms with Crippen molar-refractivity contribution in [1.82, 2.24) is 9.80 Å². The largest absolute Gasteiger partial charge is 0.500 e. The monoisotopic (exact) mass is 586 g/mol. The smallest absolute Gasteiger partial charge is 0.293 e. The third-order valence-electron chi connectivity index (χ3n) is 9.33. The van der Waals surface area contributed by atoms with Crippen LogP contribution in [0.5, 0.6) is 17.2 Å². The number of nitrogens with zero attached hydrogens (tertiary/aromatic N) is 2. The van der Waals surface area contributed by atoms with Gasteiger partial charge in [0.2, 0.25) is 5.91 Å². The highest BCUT2D eigenvalue weighted by molar-refractivity contribution is 5.99. The number of hydrogen-bond acceptors (Lipinski definition) is 11. The van der Waals surface area contributed by atoms with Crippen LogP contribution in [-0.2, 0) is 39.8 Å². The molecular formula is C30H38N2O10. The summed E-state index contributed by atoms with van der Waals surface area (Å²) in [6.45, 7) is 3.86. The molecule has 1 aliphatic carbocycles. The van der Waals surface area contributed by atoms with Gasteiger partial charge in [0.1, 0.15) is 29.9 Å². The number of allylic oxidation sites excluding steroid dienone is 2. The predicted molar refractivity (Wildman–Crippen MR) is 148 cm³/mol. The molecule has 0 N–H and O–H groups in total. The van der Waals surface area contributed by atoms with Gasteiger partial charge in [0, 0.05) is 28.7 Å². The molecule has 42 heavy (non-hydrogen) atoms. The van der Waals surface area contributed by atoms with E-state index in [2.05, 4.69) is 0 Å². The predicted octanol–water partition coefficient (Wildman–Crippen LogP) is 1.92. The van der Waals surface area contributed by atoms with Crippen molar-refractivity contribution in [1.29, 1.82) is 0 Å². The number of piperidine rings is 1. The lowest BCUT2D eigenvalue weighted by molar-refractivity contribution is -0.176. The van der Waals surface area contributed by atoms with Gasteiger partial charge < -0.3 is 38.1 Å². The fraction of sp³-hybridized carbons (Fsp3) is 0.567. The first-order chi connectivity index (χ1) is 20.2. The van der Waals surface area contributed by atoms with Crippen molar-refractivity contribution in [3.8, 4) is 17.2 Å². The first kappa shape index (κ1) is 29.6. The van der Waals surface area contributed by atoms with Crippen LogP contribution < -0.4 is 14.2 Å². The lowest BCUT2D eigenvalue weighted by Gasteiger charge is -2.59. The normalized spacial score (nSPS) is 28.5. The second-order valence-electron chi connectivity index (χ2n) is 10.8. The summed E-state index contributed by atoms with van der Waals surface area (Å²) in [4.78, 5) is 44.4. The number of methoxy groups -OCH3 is 6. The molecule has 3 heterocycles. The SMILES string of the molecule is COC1=C(OC)C2C(C(=O)C3C4c5c(c(OC)c(C)c(OC)c5OC)C[C@@H](C(=O)N3[C@H]2COC=O)N4C)C(OC)=C1C. The summed E-state index contributed by atoms with van der Waals surface area (Å²) in [5, 5.41) is 0. The molecular weight excluding hydrogens is 548 g/mol. The Morgan fingerprint density at radius 3 is 2.02 bits per heavy atom. The summed E-state index contributed by atoms with van der Waals surface area (Å²) in [5.41, 5.74) is 2.87. The number of hydrogen-bond donors (Lipinski definition) is 0. The average molecular weight is 587 g/mol. The molecule has 12 heteroatoms. The number of rotatable bonds is 9. The Kier molecular flexibility index (Phi) is 7.78. The van der Waals surface area contributed by atoms with Crippen LogP contribution in [0.3, 0.4) is 0 Å². The summed E-state index contributed by atoms with van der Waals surface area (Å²) in [6, 6.07) is -2.98. The standard InChI is InChI=1S/C30H38N2O10/c1-13-24(36-4)15-10-16-30(35)32-17(11-42-12-33)19-20(25(37-5)14(2)27(39-7)29(19)41-9)23(34)22(32)21(31(16)3)18(15)28(40-8)26(13)38-6/h12,16-17,19-22H,10-11H2,1-9H3/t16-,17-,19?,20?,21?,22?/m0/s1. The van der Waals surface area contributed by atoms with Gasteiger partial charge >= 0.3 is 0 Å². The summed E-state index contributed by atoms with van der Waals surface area (Å²) in [5.74, 6) is 0.727. The van der Waals surface area contributed by atoms with E-state index in [0.717, 1.165) is 16.7 Å². The minimum Gasteiger partial charge on any atom is -0.500 e. The second kappa shape index (κ2) is 11.0. The highest BCUT2D eigenvalue weighted by atomic mass is 16.5. The van der Waals surface area contributed by atoms with Crippen LogP contribution in [0.4, 0.5) is 0 Å². The molecule has 1 aromatic rings. The number of amides is 1. The number of carbonyl (C=O) groups excluding carboxylic acids is 3. The number of benzene rings is 1. The van der Waals surface area contributed by atoms with Crippen molar-refractivity contribution in [2.75, 3.05) is 56.3 Å². The van der Waals surface area contributed by atoms with Crippen molar-refractivity contribution in [2.45, 2.75) is 44.4 Å². The highest BCUT2D eigenvalue weighted by Gasteiger charge is 2.64. The van der Waals surface area contributed by atoms with E-state index in [1.807, 2.05) is 18.9 Å². The maximum absolute atomic E-state index is 14.9. The molecule has 0 radical (unpaired) electrons. The molecule has 3 aliphatic heterocycles. The van der Waals surface area contributed by atoms with Gasteiger partial charge in [-0.3, -0.25) is 19.3 Å². The Bertz CT molecular complexity index is 1380. The zero-order valence-electron chi connectivity index (χ0n) is 25.4. The summed E-state index contributed by atoms with van der Waals surface area (Å²) >= 11 is 0. The lowest BCUT2D eigenvalue weighted by atomic mass is 9.65. The third-order valence-corrected chi connectivity index (χ3v) is 9.33. The number of ether oxygens (including phenoxy) is 7. The number of Topliss-reactive ketones (excluding diaryl/α,β-unsaturated/α-hetero) is 1. The molecule has 2 bridgehead atoms. The van der Waals surface area contributed by atoms with Crippen molar-refractivity contribution in [2.24, 2.45) is 11.8 Å². The fourth-order valence-corrected chi connectivity index (χ4v) is 7.76. The molecule has 12 nitrogen and oxygen atoms in total. The van der Waals surface area contributed by atoms with Crippen molar-refractivity contribution in [3.63, 3.8) is 0 Å². The van der Waals surface area contributed by atoms with Crippen molar-refractivity contribution >= 4 is 18.2 Å². The number of piperazine rings is 1. The molecule has 4 aliphatic rings. The van der Waals surface area contributed by atoms with Gasteiger partial charge in [-0.15, -0.1) is 0 Å². The zero-order chi connectivity index (χ0) is 30.6. The zero-order valence-corrected chi connectivity index (χ0v) is 25.4. The van der Waals surface area contributed by atoms with Gasteiger partial charge in [-0.05, 0) is 20.9 Å². The van der Waals surface area contributed by atoms with Crippen LogP contribution >= 0.6 is 0 Å². The van der Waals surface area contributed by atoms with Gasteiger partial charge in [0.05, 0.1) is 72.6 Å².